The zero-order valence-corrected chi connectivity index (χ0v) is 10.4. The topological polar surface area (TPSA) is 28.2 Å². The molecule has 0 bridgehead atoms. The van der Waals surface area contributed by atoms with Gasteiger partial charge < -0.3 is 10.2 Å². The Morgan fingerprint density at radius 1 is 1.38 bits per heavy atom. The molecule has 6 heteroatoms. The Hall–Kier alpha value is -0.480. The van der Waals surface area contributed by atoms with E-state index in [2.05, 4.69) is 15.2 Å². The van der Waals surface area contributed by atoms with E-state index in [0.29, 0.717) is 0 Å². The van der Waals surface area contributed by atoms with Crippen LogP contribution >= 0.6 is 11.3 Å². The number of nitrogens with zero attached hydrogens (tertiary/aromatic N) is 2. The molecule has 16 heavy (non-hydrogen) atoms. The van der Waals surface area contributed by atoms with E-state index in [9.17, 15) is 0 Å². The van der Waals surface area contributed by atoms with Gasteiger partial charge in [0, 0.05) is 18.1 Å². The number of anilines is 1. The van der Waals surface area contributed by atoms with Crippen LogP contribution in [0.15, 0.2) is 6.20 Å². The van der Waals surface area contributed by atoms with Gasteiger partial charge in [-0.15, -0.1) is 11.3 Å². The van der Waals surface area contributed by atoms with Crippen molar-refractivity contribution in [3.8, 4) is 0 Å². The third kappa shape index (κ3) is 2.28. The monoisotopic (exact) mass is 231 g/mol. The second-order valence-electron chi connectivity index (χ2n) is 4.15. The normalized spacial score (nSPS) is 18.6. The number of thiazole rings is 1. The van der Waals surface area contributed by atoms with Gasteiger partial charge in [-0.3, -0.25) is 0 Å². The first-order valence-corrected chi connectivity index (χ1v) is 6.43. The molecule has 1 fully saturated rings. The molecule has 0 saturated carbocycles. The van der Waals surface area contributed by atoms with Crippen molar-refractivity contribution in [3.63, 3.8) is 0 Å². The van der Waals surface area contributed by atoms with Gasteiger partial charge in [-0.25, -0.2) is 4.98 Å². The zero-order valence-electron chi connectivity index (χ0n) is 9.57. The number of hydrogen-bond donors (Lipinski definition) is 1. The molecule has 1 aliphatic heterocycles. The number of hydrogen-bond acceptors (Lipinski definition) is 4. The van der Waals surface area contributed by atoms with E-state index >= 15 is 0 Å². The number of rotatable bonds is 3. The molecule has 0 amide bonds. The maximum atomic E-state index is 6.23. The minimum absolute atomic E-state index is 0.854. The van der Waals surface area contributed by atoms with E-state index in [0.717, 1.165) is 23.1 Å². The molecular formula is C10H15B2N3S. The first-order valence-electron chi connectivity index (χ1n) is 5.61. The van der Waals surface area contributed by atoms with Gasteiger partial charge in [0.1, 0.15) is 0 Å². The van der Waals surface area contributed by atoms with Crippen LogP contribution in [-0.2, 0) is 5.34 Å². The summed E-state index contributed by atoms with van der Waals surface area (Å²) in [5.41, 5.74) is 0. The number of likely N-dealkylation sites (tertiary alicyclic amines) is 1. The lowest BCUT2D eigenvalue weighted by atomic mass is 9.59. The molecule has 1 aliphatic rings. The zero-order chi connectivity index (χ0) is 11.6. The van der Waals surface area contributed by atoms with E-state index in [4.69, 9.17) is 15.7 Å². The summed E-state index contributed by atoms with van der Waals surface area (Å²) in [6.07, 6.45) is 5.39. The first-order chi connectivity index (χ1) is 7.64. The molecule has 2 rings (SSSR count). The van der Waals surface area contributed by atoms with Crippen LogP contribution in [0.4, 0.5) is 5.13 Å². The van der Waals surface area contributed by atoms with Gasteiger partial charge in [0.25, 0.3) is 0 Å². The average molecular weight is 231 g/mol. The quantitative estimate of drug-likeness (QED) is 0.790. The number of piperidine rings is 1. The Labute approximate surface area is 103 Å². The fourth-order valence-electron chi connectivity index (χ4n) is 1.99. The lowest BCUT2D eigenvalue weighted by Gasteiger charge is -2.41. The fourth-order valence-corrected chi connectivity index (χ4v) is 2.81. The molecule has 3 nitrogen and oxygen atoms in total. The molecule has 4 radical (unpaired) electrons. The highest BCUT2D eigenvalue weighted by Gasteiger charge is 2.30. The maximum Gasteiger partial charge on any atom is 0.182 e. The van der Waals surface area contributed by atoms with E-state index < -0.39 is 5.34 Å². The third-order valence-corrected chi connectivity index (χ3v) is 4.15. The van der Waals surface area contributed by atoms with Crippen molar-refractivity contribution in [1.82, 2.24) is 9.88 Å². The summed E-state index contributed by atoms with van der Waals surface area (Å²) in [4.78, 5) is 7.27. The van der Waals surface area contributed by atoms with E-state index in [-0.39, 0.29) is 0 Å². The lowest BCUT2D eigenvalue weighted by Crippen LogP contribution is -2.49. The van der Waals surface area contributed by atoms with E-state index in [1.54, 1.807) is 6.20 Å². The Morgan fingerprint density at radius 3 is 2.62 bits per heavy atom. The summed E-state index contributed by atoms with van der Waals surface area (Å²) in [5, 5.41) is 2.99. The van der Waals surface area contributed by atoms with Crippen molar-refractivity contribution >= 4 is 32.2 Å². The molecule has 1 N–H and O–H groups in total. The molecular weight excluding hydrogens is 216 g/mol. The van der Waals surface area contributed by atoms with Gasteiger partial charge in [-0.05, 0) is 31.3 Å². The van der Waals surface area contributed by atoms with Crippen LogP contribution in [0.1, 0.15) is 24.1 Å². The standard InChI is InChI=1S/C10H15B2N3S/c1-13-9-14-7-8(16-9)10(11,12)15-5-3-2-4-6-15/h7H,2-6H2,1H3,(H,13,14). The second kappa shape index (κ2) is 4.80. The van der Waals surface area contributed by atoms with Crippen molar-refractivity contribution in [2.45, 2.75) is 24.6 Å². The summed E-state index contributed by atoms with van der Waals surface area (Å²) in [5.74, 6) is 0. The van der Waals surface area contributed by atoms with Crippen LogP contribution in [0.2, 0.25) is 0 Å². The molecule has 2 heterocycles. The van der Waals surface area contributed by atoms with Crippen LogP contribution in [0.3, 0.4) is 0 Å². The van der Waals surface area contributed by atoms with Gasteiger partial charge in [-0.1, -0.05) is 6.42 Å². The highest BCUT2D eigenvalue weighted by atomic mass is 32.1. The first kappa shape index (κ1) is 12.0. The molecule has 0 atom stereocenters. The Morgan fingerprint density at radius 2 is 2.06 bits per heavy atom. The van der Waals surface area contributed by atoms with Gasteiger partial charge in [0.2, 0.25) is 0 Å². The van der Waals surface area contributed by atoms with Crippen molar-refractivity contribution in [3.05, 3.63) is 11.1 Å². The number of aromatic nitrogens is 1. The summed E-state index contributed by atoms with van der Waals surface area (Å²) in [6, 6.07) is 0. The number of nitrogens with one attached hydrogen (secondary N) is 1. The summed E-state index contributed by atoms with van der Waals surface area (Å²) < 4.78 is 0. The maximum absolute atomic E-state index is 6.23. The molecule has 1 saturated heterocycles. The smallest absolute Gasteiger partial charge is 0.182 e. The van der Waals surface area contributed by atoms with Gasteiger partial charge in [-0.2, -0.15) is 0 Å². The van der Waals surface area contributed by atoms with E-state index in [1.165, 1.54) is 30.6 Å². The Kier molecular flexibility index (Phi) is 3.60. The van der Waals surface area contributed by atoms with Crippen LogP contribution in [-0.4, -0.2) is 45.7 Å². The van der Waals surface area contributed by atoms with Crippen LogP contribution in [0, 0.1) is 0 Å². The van der Waals surface area contributed by atoms with Crippen molar-refractivity contribution in [1.29, 1.82) is 0 Å². The molecule has 0 aromatic carbocycles. The molecule has 0 unspecified atom stereocenters. The van der Waals surface area contributed by atoms with Crippen LogP contribution in [0.25, 0.3) is 0 Å². The van der Waals surface area contributed by atoms with Crippen molar-refractivity contribution in [2.75, 3.05) is 25.5 Å². The average Bonchev–Trinajstić information content (AvgIpc) is 2.79. The van der Waals surface area contributed by atoms with E-state index in [1.807, 2.05) is 7.05 Å². The highest BCUT2D eigenvalue weighted by Crippen LogP contribution is 2.31. The SMILES string of the molecule is [B]C([B])(c1cnc(NC)s1)N1CCCCC1. The summed E-state index contributed by atoms with van der Waals surface area (Å²) in [7, 11) is 14.3. The Balaban J connectivity index is 2.15. The molecule has 0 spiro atoms. The fraction of sp³-hybridized carbons (Fsp3) is 0.700. The van der Waals surface area contributed by atoms with Crippen molar-refractivity contribution in [2.24, 2.45) is 0 Å². The molecule has 82 valence electrons. The van der Waals surface area contributed by atoms with Crippen LogP contribution < -0.4 is 5.32 Å². The molecule has 1 aromatic heterocycles. The predicted molar refractivity (Wildman–Crippen MR) is 70.3 cm³/mol. The second-order valence-corrected chi connectivity index (χ2v) is 5.18. The molecule has 1 aromatic rings. The highest BCUT2D eigenvalue weighted by molar-refractivity contribution is 7.16. The summed E-state index contributed by atoms with van der Waals surface area (Å²) >= 11 is 1.52. The van der Waals surface area contributed by atoms with Crippen molar-refractivity contribution < 1.29 is 0 Å². The molecule has 0 aliphatic carbocycles. The predicted octanol–water partition coefficient (Wildman–Crippen LogP) is 1.12. The van der Waals surface area contributed by atoms with Gasteiger partial charge in [0.05, 0.1) is 15.7 Å². The minimum atomic E-state index is -0.868. The van der Waals surface area contributed by atoms with Crippen LogP contribution in [0.5, 0.6) is 0 Å². The lowest BCUT2D eigenvalue weighted by molar-refractivity contribution is 0.187. The largest absolute Gasteiger partial charge is 0.365 e. The minimum Gasteiger partial charge on any atom is -0.365 e. The summed E-state index contributed by atoms with van der Waals surface area (Å²) in [6.45, 7) is 1.94. The van der Waals surface area contributed by atoms with Gasteiger partial charge in [0.15, 0.2) is 5.13 Å². The third-order valence-electron chi connectivity index (χ3n) is 2.99. The van der Waals surface area contributed by atoms with Gasteiger partial charge >= 0.3 is 0 Å². The Bertz CT molecular complexity index is 348.